The molecular formula is C15H32N2O. The summed E-state index contributed by atoms with van der Waals surface area (Å²) in [5.41, 5.74) is 0. The van der Waals surface area contributed by atoms with E-state index in [0.717, 1.165) is 19.8 Å². The van der Waals surface area contributed by atoms with Crippen LogP contribution >= 0.6 is 0 Å². The van der Waals surface area contributed by atoms with Crippen molar-refractivity contribution in [3.8, 4) is 0 Å². The van der Waals surface area contributed by atoms with Crippen molar-refractivity contribution >= 4 is 0 Å². The van der Waals surface area contributed by atoms with Gasteiger partial charge in [0, 0.05) is 25.2 Å². The second kappa shape index (κ2) is 8.89. The van der Waals surface area contributed by atoms with E-state index in [0.29, 0.717) is 18.0 Å². The molecule has 18 heavy (non-hydrogen) atoms. The monoisotopic (exact) mass is 256 g/mol. The Morgan fingerprint density at radius 3 is 2.67 bits per heavy atom. The van der Waals surface area contributed by atoms with Crippen LogP contribution in [0.4, 0.5) is 0 Å². The van der Waals surface area contributed by atoms with Crippen LogP contribution in [0.3, 0.4) is 0 Å². The minimum atomic E-state index is 0.644. The van der Waals surface area contributed by atoms with Gasteiger partial charge in [-0.3, -0.25) is 0 Å². The van der Waals surface area contributed by atoms with Crippen LogP contribution in [0, 0.1) is 5.92 Å². The summed E-state index contributed by atoms with van der Waals surface area (Å²) in [5, 5.41) is 3.71. The van der Waals surface area contributed by atoms with Crippen molar-refractivity contribution in [1.29, 1.82) is 0 Å². The SMILES string of the molecule is CCC1CCN(CCOCC(C)C)CCC(C)N1. The molecule has 1 heterocycles. The lowest BCUT2D eigenvalue weighted by Crippen LogP contribution is -2.44. The molecule has 0 spiro atoms. The molecule has 0 aromatic carbocycles. The molecule has 1 N–H and O–H groups in total. The maximum atomic E-state index is 5.69. The summed E-state index contributed by atoms with van der Waals surface area (Å²) in [5.74, 6) is 0.644. The van der Waals surface area contributed by atoms with Gasteiger partial charge in [-0.1, -0.05) is 20.8 Å². The fourth-order valence-corrected chi connectivity index (χ4v) is 2.45. The predicted octanol–water partition coefficient (Wildman–Crippen LogP) is 2.51. The van der Waals surface area contributed by atoms with Gasteiger partial charge in [-0.15, -0.1) is 0 Å². The Morgan fingerprint density at radius 1 is 1.28 bits per heavy atom. The van der Waals surface area contributed by atoms with Crippen LogP contribution in [0.2, 0.25) is 0 Å². The lowest BCUT2D eigenvalue weighted by molar-refractivity contribution is 0.0803. The Kier molecular flexibility index (Phi) is 7.87. The van der Waals surface area contributed by atoms with Crippen molar-refractivity contribution in [1.82, 2.24) is 10.2 Å². The minimum Gasteiger partial charge on any atom is -0.380 e. The van der Waals surface area contributed by atoms with Crippen LogP contribution in [-0.4, -0.2) is 49.8 Å². The van der Waals surface area contributed by atoms with Crippen molar-refractivity contribution in [2.24, 2.45) is 5.92 Å². The molecule has 0 aliphatic carbocycles. The molecule has 1 rings (SSSR count). The summed E-state index contributed by atoms with van der Waals surface area (Å²) in [6, 6.07) is 1.34. The molecular weight excluding hydrogens is 224 g/mol. The minimum absolute atomic E-state index is 0.644. The Bertz CT molecular complexity index is 209. The standard InChI is InChI=1S/C15H32N2O/c1-5-15-7-9-17(8-6-14(4)16-15)10-11-18-12-13(2)3/h13-16H,5-12H2,1-4H3. The highest BCUT2D eigenvalue weighted by atomic mass is 16.5. The summed E-state index contributed by atoms with van der Waals surface area (Å²) in [7, 11) is 0. The van der Waals surface area contributed by atoms with Crippen LogP contribution < -0.4 is 5.32 Å². The van der Waals surface area contributed by atoms with E-state index in [-0.39, 0.29) is 0 Å². The molecule has 0 saturated carbocycles. The number of nitrogens with zero attached hydrogens (tertiary/aromatic N) is 1. The van der Waals surface area contributed by atoms with Gasteiger partial charge in [-0.2, -0.15) is 0 Å². The number of ether oxygens (including phenoxy) is 1. The van der Waals surface area contributed by atoms with Gasteiger partial charge in [0.2, 0.25) is 0 Å². The zero-order valence-electron chi connectivity index (χ0n) is 12.7. The number of rotatable bonds is 6. The highest BCUT2D eigenvalue weighted by molar-refractivity contribution is 4.76. The van der Waals surface area contributed by atoms with E-state index >= 15 is 0 Å². The number of nitrogens with one attached hydrogen (secondary N) is 1. The lowest BCUT2D eigenvalue weighted by atomic mass is 10.1. The van der Waals surface area contributed by atoms with E-state index in [1.165, 1.54) is 32.4 Å². The predicted molar refractivity (Wildman–Crippen MR) is 78.0 cm³/mol. The molecule has 0 bridgehead atoms. The second-order valence-electron chi connectivity index (χ2n) is 6.06. The summed E-state index contributed by atoms with van der Waals surface area (Å²) in [4.78, 5) is 2.57. The Hall–Kier alpha value is -0.120. The van der Waals surface area contributed by atoms with E-state index in [4.69, 9.17) is 4.74 Å². The van der Waals surface area contributed by atoms with Gasteiger partial charge in [0.1, 0.15) is 0 Å². The van der Waals surface area contributed by atoms with Gasteiger partial charge in [0.25, 0.3) is 0 Å². The highest BCUT2D eigenvalue weighted by Crippen LogP contribution is 2.09. The smallest absolute Gasteiger partial charge is 0.0593 e. The van der Waals surface area contributed by atoms with Gasteiger partial charge in [-0.25, -0.2) is 0 Å². The molecule has 0 amide bonds. The van der Waals surface area contributed by atoms with Gasteiger partial charge >= 0.3 is 0 Å². The summed E-state index contributed by atoms with van der Waals surface area (Å²) < 4.78 is 5.69. The lowest BCUT2D eigenvalue weighted by Gasteiger charge is -2.31. The van der Waals surface area contributed by atoms with E-state index < -0.39 is 0 Å². The van der Waals surface area contributed by atoms with Crippen molar-refractivity contribution in [2.75, 3.05) is 32.8 Å². The zero-order valence-corrected chi connectivity index (χ0v) is 12.7. The first-order chi connectivity index (χ1) is 8.61. The normalized spacial score (nSPS) is 27.2. The first-order valence-corrected chi connectivity index (χ1v) is 7.68. The Labute approximate surface area is 113 Å². The average Bonchev–Trinajstić information content (AvgIpc) is 2.32. The molecule has 3 nitrogen and oxygen atoms in total. The second-order valence-corrected chi connectivity index (χ2v) is 6.06. The molecule has 1 aliphatic rings. The molecule has 0 aromatic rings. The molecule has 0 aromatic heterocycles. The summed E-state index contributed by atoms with van der Waals surface area (Å²) in [6.45, 7) is 14.3. The third-order valence-electron chi connectivity index (χ3n) is 3.69. The van der Waals surface area contributed by atoms with Crippen molar-refractivity contribution in [3.63, 3.8) is 0 Å². The van der Waals surface area contributed by atoms with E-state index in [1.807, 2.05) is 0 Å². The Morgan fingerprint density at radius 2 is 2.00 bits per heavy atom. The van der Waals surface area contributed by atoms with Gasteiger partial charge in [-0.05, 0) is 45.2 Å². The van der Waals surface area contributed by atoms with Crippen LogP contribution in [0.15, 0.2) is 0 Å². The van der Waals surface area contributed by atoms with Crippen molar-refractivity contribution in [2.45, 2.75) is 59.0 Å². The van der Waals surface area contributed by atoms with Crippen LogP contribution in [0.1, 0.15) is 47.0 Å². The fourth-order valence-electron chi connectivity index (χ4n) is 2.45. The molecule has 2 atom stereocenters. The number of hydrogen-bond donors (Lipinski definition) is 1. The number of hydrogen-bond acceptors (Lipinski definition) is 3. The van der Waals surface area contributed by atoms with Crippen molar-refractivity contribution in [3.05, 3.63) is 0 Å². The van der Waals surface area contributed by atoms with Gasteiger partial charge in [0.15, 0.2) is 0 Å². The van der Waals surface area contributed by atoms with E-state index in [9.17, 15) is 0 Å². The molecule has 0 radical (unpaired) electrons. The maximum Gasteiger partial charge on any atom is 0.0593 e. The van der Waals surface area contributed by atoms with Crippen LogP contribution in [0.25, 0.3) is 0 Å². The summed E-state index contributed by atoms with van der Waals surface area (Å²) in [6.07, 6.45) is 3.76. The van der Waals surface area contributed by atoms with Crippen LogP contribution in [-0.2, 0) is 4.74 Å². The van der Waals surface area contributed by atoms with Gasteiger partial charge in [0.05, 0.1) is 6.61 Å². The van der Waals surface area contributed by atoms with E-state index in [2.05, 4.69) is 37.9 Å². The van der Waals surface area contributed by atoms with Crippen LogP contribution in [0.5, 0.6) is 0 Å². The zero-order chi connectivity index (χ0) is 13.4. The topological polar surface area (TPSA) is 24.5 Å². The van der Waals surface area contributed by atoms with E-state index in [1.54, 1.807) is 0 Å². The molecule has 108 valence electrons. The van der Waals surface area contributed by atoms with Gasteiger partial charge < -0.3 is 15.0 Å². The molecule has 3 heteroatoms. The average molecular weight is 256 g/mol. The molecule has 1 saturated heterocycles. The fraction of sp³-hybridized carbons (Fsp3) is 1.00. The molecule has 2 unspecified atom stereocenters. The molecule has 1 aliphatic heterocycles. The molecule has 1 fully saturated rings. The first kappa shape index (κ1) is 15.9. The Balaban J connectivity index is 2.23. The quantitative estimate of drug-likeness (QED) is 0.739. The first-order valence-electron chi connectivity index (χ1n) is 7.68. The maximum absolute atomic E-state index is 5.69. The summed E-state index contributed by atoms with van der Waals surface area (Å²) >= 11 is 0. The third kappa shape index (κ3) is 6.72. The van der Waals surface area contributed by atoms with Crippen molar-refractivity contribution < 1.29 is 4.74 Å². The largest absolute Gasteiger partial charge is 0.380 e. The highest BCUT2D eigenvalue weighted by Gasteiger charge is 2.17. The third-order valence-corrected chi connectivity index (χ3v) is 3.69.